The molecule has 1 aliphatic rings. The third kappa shape index (κ3) is 5.62. The van der Waals surface area contributed by atoms with Crippen LogP contribution in [-0.2, 0) is 11.2 Å². The Kier molecular flexibility index (Phi) is 7.49. The Morgan fingerprint density at radius 3 is 2.40 bits per heavy atom. The summed E-state index contributed by atoms with van der Waals surface area (Å²) in [7, 11) is 3.17. The maximum Gasteiger partial charge on any atom is 0.220 e. The van der Waals surface area contributed by atoms with Crippen molar-refractivity contribution in [2.45, 2.75) is 50.7 Å². The quantitative estimate of drug-likeness (QED) is 0.688. The molecule has 3 rings (SSSR count). The van der Waals surface area contributed by atoms with Gasteiger partial charge >= 0.3 is 0 Å². The molecule has 30 heavy (non-hydrogen) atoms. The van der Waals surface area contributed by atoms with Gasteiger partial charge in [-0.1, -0.05) is 12.1 Å². The topological polar surface area (TPSA) is 56.8 Å². The second kappa shape index (κ2) is 10.3. The number of amides is 1. The molecule has 0 unspecified atom stereocenters. The number of hydrogen-bond acceptors (Lipinski definition) is 4. The average molecular weight is 419 g/mol. The van der Waals surface area contributed by atoms with E-state index in [1.165, 1.54) is 6.07 Å². The highest BCUT2D eigenvalue weighted by Crippen LogP contribution is 2.38. The van der Waals surface area contributed by atoms with Gasteiger partial charge in [0.2, 0.25) is 11.7 Å². The second-order valence-electron chi connectivity index (χ2n) is 7.40. The lowest BCUT2D eigenvalue weighted by atomic mass is 9.92. The van der Waals surface area contributed by atoms with Crippen LogP contribution in [0, 0.1) is 11.6 Å². The van der Waals surface area contributed by atoms with E-state index < -0.39 is 11.6 Å². The third-order valence-electron chi connectivity index (χ3n) is 5.32. The number of benzene rings is 2. The first-order valence-corrected chi connectivity index (χ1v) is 10.1. The molecule has 0 aliphatic heterocycles. The van der Waals surface area contributed by atoms with Gasteiger partial charge in [-0.25, -0.2) is 8.78 Å². The number of halogens is 2. The van der Waals surface area contributed by atoms with E-state index in [0.717, 1.165) is 37.8 Å². The number of nitrogens with one attached hydrogen (secondary N) is 1. The summed E-state index contributed by atoms with van der Waals surface area (Å²) in [6.45, 7) is 0. The van der Waals surface area contributed by atoms with Gasteiger partial charge in [0.05, 0.1) is 20.3 Å². The minimum Gasteiger partial charge on any atom is -0.493 e. The van der Waals surface area contributed by atoms with E-state index >= 15 is 0 Å². The number of aryl methyl sites for hydroxylation is 1. The van der Waals surface area contributed by atoms with Crippen molar-refractivity contribution in [3.63, 3.8) is 0 Å². The Morgan fingerprint density at radius 2 is 1.73 bits per heavy atom. The smallest absolute Gasteiger partial charge is 0.220 e. The minimum atomic E-state index is -0.890. The third-order valence-corrected chi connectivity index (χ3v) is 5.32. The number of hydrogen-bond donors (Lipinski definition) is 1. The molecule has 5 nitrogen and oxygen atoms in total. The Morgan fingerprint density at radius 1 is 1.00 bits per heavy atom. The Labute approximate surface area is 175 Å². The number of rotatable bonds is 8. The summed E-state index contributed by atoms with van der Waals surface area (Å²) in [5.41, 5.74) is 0.605. The van der Waals surface area contributed by atoms with Crippen LogP contribution in [0.25, 0.3) is 0 Å². The molecule has 0 atom stereocenters. The predicted molar refractivity (Wildman–Crippen MR) is 109 cm³/mol. The minimum absolute atomic E-state index is 0.0429. The average Bonchev–Trinajstić information content (AvgIpc) is 2.75. The van der Waals surface area contributed by atoms with Crippen LogP contribution in [0.4, 0.5) is 8.78 Å². The number of methoxy groups -OCH3 is 2. The summed E-state index contributed by atoms with van der Waals surface area (Å²) in [6, 6.07) is 9.34. The molecule has 0 aromatic heterocycles. The van der Waals surface area contributed by atoms with Crippen molar-refractivity contribution >= 4 is 5.91 Å². The van der Waals surface area contributed by atoms with E-state index in [0.29, 0.717) is 29.2 Å². The molecule has 1 fully saturated rings. The zero-order valence-electron chi connectivity index (χ0n) is 17.3. The molecule has 1 N–H and O–H groups in total. The lowest BCUT2D eigenvalue weighted by molar-refractivity contribution is -0.122. The fourth-order valence-electron chi connectivity index (χ4n) is 3.71. The summed E-state index contributed by atoms with van der Waals surface area (Å²) in [5, 5.41) is 3.03. The van der Waals surface area contributed by atoms with Crippen LogP contribution in [0.5, 0.6) is 17.2 Å². The van der Waals surface area contributed by atoms with E-state index in [1.807, 2.05) is 18.2 Å². The van der Waals surface area contributed by atoms with Gasteiger partial charge in [0, 0.05) is 12.5 Å². The SMILES string of the molecule is COc1cccc(OC2CCC(NC(=O)CCc3ccc(F)c(F)c3)CC2)c1OC. The predicted octanol–water partition coefficient (Wildman–Crippen LogP) is 4.42. The van der Waals surface area contributed by atoms with Crippen molar-refractivity contribution in [2.75, 3.05) is 14.2 Å². The van der Waals surface area contributed by atoms with Crippen LogP contribution in [0.15, 0.2) is 36.4 Å². The summed E-state index contributed by atoms with van der Waals surface area (Å²) in [6.07, 6.45) is 3.91. The number of para-hydroxylation sites is 1. The zero-order valence-corrected chi connectivity index (χ0v) is 17.3. The van der Waals surface area contributed by atoms with E-state index in [2.05, 4.69) is 5.32 Å². The molecule has 162 valence electrons. The normalized spacial score (nSPS) is 18.5. The van der Waals surface area contributed by atoms with E-state index in [9.17, 15) is 13.6 Å². The molecule has 0 saturated heterocycles. The highest BCUT2D eigenvalue weighted by atomic mass is 19.2. The number of carbonyl (C=O) groups is 1. The van der Waals surface area contributed by atoms with Gasteiger partial charge in [-0.3, -0.25) is 4.79 Å². The Hall–Kier alpha value is -2.83. The molecule has 7 heteroatoms. The molecule has 0 heterocycles. The maximum atomic E-state index is 13.3. The van der Waals surface area contributed by atoms with Crippen molar-refractivity contribution in [1.29, 1.82) is 0 Å². The summed E-state index contributed by atoms with van der Waals surface area (Å²) < 4.78 is 43.1. The molecule has 2 aromatic carbocycles. The maximum absolute atomic E-state index is 13.3. The standard InChI is InChI=1S/C23H27F2NO4/c1-28-20-4-3-5-21(23(20)29-2)30-17-10-8-16(9-11-17)26-22(27)13-7-15-6-12-18(24)19(25)14-15/h3-6,12,14,16-17H,7-11,13H2,1-2H3,(H,26,27). The number of ether oxygens (including phenoxy) is 3. The van der Waals surface area contributed by atoms with Gasteiger partial charge in [0.25, 0.3) is 0 Å². The van der Waals surface area contributed by atoms with Crippen LogP contribution >= 0.6 is 0 Å². The molecule has 1 aliphatic carbocycles. The molecule has 1 saturated carbocycles. The monoisotopic (exact) mass is 419 g/mol. The van der Waals surface area contributed by atoms with Crippen LogP contribution in [0.2, 0.25) is 0 Å². The highest BCUT2D eigenvalue weighted by molar-refractivity contribution is 5.76. The van der Waals surface area contributed by atoms with Gasteiger partial charge in [-0.2, -0.15) is 0 Å². The fourth-order valence-corrected chi connectivity index (χ4v) is 3.71. The molecule has 0 bridgehead atoms. The lowest BCUT2D eigenvalue weighted by Gasteiger charge is -2.30. The van der Waals surface area contributed by atoms with Crippen molar-refractivity contribution in [3.8, 4) is 17.2 Å². The molecule has 1 amide bonds. The summed E-state index contributed by atoms with van der Waals surface area (Å²) in [4.78, 5) is 12.2. The molecule has 0 spiro atoms. The van der Waals surface area contributed by atoms with Crippen LogP contribution in [0.1, 0.15) is 37.7 Å². The largest absolute Gasteiger partial charge is 0.493 e. The van der Waals surface area contributed by atoms with Crippen molar-refractivity contribution in [1.82, 2.24) is 5.32 Å². The van der Waals surface area contributed by atoms with Gasteiger partial charge in [0.1, 0.15) is 0 Å². The summed E-state index contributed by atoms with van der Waals surface area (Å²) >= 11 is 0. The molecular weight excluding hydrogens is 392 g/mol. The fraction of sp³-hybridized carbons (Fsp3) is 0.435. The van der Waals surface area contributed by atoms with Gasteiger partial charge in [-0.05, 0) is 61.9 Å². The molecule has 2 aromatic rings. The van der Waals surface area contributed by atoms with Crippen LogP contribution in [-0.4, -0.2) is 32.3 Å². The number of carbonyl (C=O) groups excluding carboxylic acids is 1. The molecular formula is C23H27F2NO4. The van der Waals surface area contributed by atoms with E-state index in [1.54, 1.807) is 14.2 Å². The highest BCUT2D eigenvalue weighted by Gasteiger charge is 2.25. The Bertz CT molecular complexity index is 866. The van der Waals surface area contributed by atoms with Gasteiger partial charge < -0.3 is 19.5 Å². The molecule has 0 radical (unpaired) electrons. The van der Waals surface area contributed by atoms with Crippen LogP contribution in [0.3, 0.4) is 0 Å². The first kappa shape index (κ1) is 21.9. The van der Waals surface area contributed by atoms with Gasteiger partial charge in [-0.15, -0.1) is 0 Å². The summed E-state index contributed by atoms with van der Waals surface area (Å²) in [5.74, 6) is -0.00767. The van der Waals surface area contributed by atoms with E-state index in [4.69, 9.17) is 14.2 Å². The lowest BCUT2D eigenvalue weighted by Crippen LogP contribution is -2.39. The van der Waals surface area contributed by atoms with Crippen LogP contribution < -0.4 is 19.5 Å². The Balaban J connectivity index is 1.44. The van der Waals surface area contributed by atoms with E-state index in [-0.39, 0.29) is 24.5 Å². The first-order valence-electron chi connectivity index (χ1n) is 10.1. The van der Waals surface area contributed by atoms with Gasteiger partial charge in [0.15, 0.2) is 23.1 Å². The van der Waals surface area contributed by atoms with Crippen molar-refractivity contribution in [3.05, 3.63) is 53.6 Å². The second-order valence-corrected chi connectivity index (χ2v) is 7.40. The van der Waals surface area contributed by atoms with Crippen molar-refractivity contribution < 1.29 is 27.8 Å². The van der Waals surface area contributed by atoms with Crippen molar-refractivity contribution in [2.24, 2.45) is 0 Å². The first-order chi connectivity index (χ1) is 14.5. The zero-order chi connectivity index (χ0) is 21.5.